The van der Waals surface area contributed by atoms with Gasteiger partial charge in [0.25, 0.3) is 0 Å². The Kier molecular flexibility index (Phi) is 5.81. The van der Waals surface area contributed by atoms with Gasteiger partial charge in [-0.3, -0.25) is 0 Å². The molecule has 4 aromatic rings. The molecule has 12 heteroatoms. The predicted molar refractivity (Wildman–Crippen MR) is 130 cm³/mol. The number of fused-ring (bicyclic) bond motifs is 2. The SMILES string of the molecule is Cc1nc2ccc(-c3ccn4nc(NC5CCC(C(C)(C)O)CC5)nc(N)c34)nc2n1CC(F)(F)F. The third-order valence-electron chi connectivity index (χ3n) is 6.99. The first-order valence-corrected chi connectivity index (χ1v) is 11.9. The molecule has 0 atom stereocenters. The molecule has 4 aromatic heterocycles. The van der Waals surface area contributed by atoms with E-state index in [0.29, 0.717) is 28.2 Å². The Morgan fingerprint density at radius 1 is 1.08 bits per heavy atom. The zero-order chi connectivity index (χ0) is 25.8. The summed E-state index contributed by atoms with van der Waals surface area (Å²) in [5, 5.41) is 18.2. The van der Waals surface area contributed by atoms with E-state index in [4.69, 9.17) is 5.73 Å². The normalized spacial score (nSPS) is 19.3. The van der Waals surface area contributed by atoms with Crippen LogP contribution in [0.5, 0.6) is 0 Å². The number of nitrogens with zero attached hydrogens (tertiary/aromatic N) is 6. The molecular formula is C24H29F3N8O. The number of anilines is 2. The molecule has 0 radical (unpaired) electrons. The average Bonchev–Trinajstić information content (AvgIpc) is 3.34. The Morgan fingerprint density at radius 2 is 1.81 bits per heavy atom. The number of hydrogen-bond acceptors (Lipinski definition) is 7. The van der Waals surface area contributed by atoms with Gasteiger partial charge in [-0.05, 0) is 70.6 Å². The first-order valence-electron chi connectivity index (χ1n) is 11.9. The fourth-order valence-electron chi connectivity index (χ4n) is 5.08. The molecule has 0 unspecified atom stereocenters. The number of pyridine rings is 1. The van der Waals surface area contributed by atoms with Crippen LogP contribution in [0, 0.1) is 12.8 Å². The van der Waals surface area contributed by atoms with Gasteiger partial charge in [0.05, 0.1) is 11.3 Å². The first-order chi connectivity index (χ1) is 16.9. The van der Waals surface area contributed by atoms with E-state index in [9.17, 15) is 18.3 Å². The maximum Gasteiger partial charge on any atom is 0.406 e. The quantitative estimate of drug-likeness (QED) is 0.372. The van der Waals surface area contributed by atoms with Crippen molar-refractivity contribution in [2.45, 2.75) is 70.8 Å². The highest BCUT2D eigenvalue weighted by Crippen LogP contribution is 2.34. The Hall–Kier alpha value is -3.41. The molecule has 5 rings (SSSR count). The van der Waals surface area contributed by atoms with Crippen LogP contribution >= 0.6 is 0 Å². The van der Waals surface area contributed by atoms with E-state index in [1.165, 1.54) is 6.92 Å². The molecular weight excluding hydrogens is 473 g/mol. The maximum absolute atomic E-state index is 13.1. The third-order valence-corrected chi connectivity index (χ3v) is 6.99. The lowest BCUT2D eigenvalue weighted by atomic mass is 9.77. The van der Waals surface area contributed by atoms with Crippen LogP contribution in [0.2, 0.25) is 0 Å². The van der Waals surface area contributed by atoms with Crippen LogP contribution in [-0.4, -0.2) is 52.1 Å². The third kappa shape index (κ3) is 4.69. The van der Waals surface area contributed by atoms with Crippen molar-refractivity contribution in [2.75, 3.05) is 11.1 Å². The van der Waals surface area contributed by atoms with Gasteiger partial charge in [0.1, 0.15) is 23.4 Å². The number of imidazole rings is 1. The van der Waals surface area contributed by atoms with Crippen LogP contribution in [0.1, 0.15) is 45.4 Å². The minimum absolute atomic E-state index is 0.154. The van der Waals surface area contributed by atoms with Crippen LogP contribution in [0.25, 0.3) is 27.9 Å². The number of nitrogen functional groups attached to an aromatic ring is 1. The van der Waals surface area contributed by atoms with Gasteiger partial charge >= 0.3 is 6.18 Å². The van der Waals surface area contributed by atoms with Gasteiger partial charge in [-0.2, -0.15) is 18.2 Å². The van der Waals surface area contributed by atoms with Gasteiger partial charge in [0, 0.05) is 17.8 Å². The van der Waals surface area contributed by atoms with Gasteiger partial charge < -0.3 is 20.7 Å². The fourth-order valence-corrected chi connectivity index (χ4v) is 5.08. The number of nitrogens with two attached hydrogens (primary N) is 1. The number of aromatic nitrogens is 6. The average molecular weight is 503 g/mol. The smallest absolute Gasteiger partial charge is 0.390 e. The van der Waals surface area contributed by atoms with Crippen molar-refractivity contribution in [3.8, 4) is 11.3 Å². The molecule has 0 saturated heterocycles. The highest BCUT2D eigenvalue weighted by atomic mass is 19.4. The summed E-state index contributed by atoms with van der Waals surface area (Å²) >= 11 is 0. The molecule has 4 N–H and O–H groups in total. The Labute approximate surface area is 205 Å². The van der Waals surface area contributed by atoms with Crippen LogP contribution in [-0.2, 0) is 6.54 Å². The number of hydrogen-bond donors (Lipinski definition) is 3. The van der Waals surface area contributed by atoms with Crippen LogP contribution < -0.4 is 11.1 Å². The van der Waals surface area contributed by atoms with Crippen molar-refractivity contribution < 1.29 is 18.3 Å². The van der Waals surface area contributed by atoms with E-state index in [1.807, 2.05) is 13.8 Å². The Balaban J connectivity index is 1.43. The molecule has 0 spiro atoms. The summed E-state index contributed by atoms with van der Waals surface area (Å²) < 4.78 is 42.0. The highest BCUT2D eigenvalue weighted by molar-refractivity contribution is 5.88. The molecule has 192 valence electrons. The van der Waals surface area contributed by atoms with Gasteiger partial charge in [0.2, 0.25) is 5.95 Å². The highest BCUT2D eigenvalue weighted by Gasteiger charge is 2.32. The number of alkyl halides is 3. The van der Waals surface area contributed by atoms with Crippen LogP contribution in [0.3, 0.4) is 0 Å². The first kappa shape index (κ1) is 24.3. The van der Waals surface area contributed by atoms with Crippen molar-refractivity contribution in [3.05, 3.63) is 30.2 Å². The van der Waals surface area contributed by atoms with E-state index < -0.39 is 18.3 Å². The van der Waals surface area contributed by atoms with Crippen LogP contribution in [0.15, 0.2) is 24.4 Å². The molecule has 36 heavy (non-hydrogen) atoms. The number of rotatable bonds is 5. The topological polar surface area (TPSA) is 119 Å². The van der Waals surface area contributed by atoms with E-state index in [1.54, 1.807) is 28.9 Å². The number of nitrogens with one attached hydrogen (secondary N) is 1. The summed E-state index contributed by atoms with van der Waals surface area (Å²) in [6, 6.07) is 5.30. The Morgan fingerprint density at radius 3 is 2.47 bits per heavy atom. The molecule has 1 saturated carbocycles. The Bertz CT molecular complexity index is 1410. The molecule has 0 aromatic carbocycles. The summed E-state index contributed by atoms with van der Waals surface area (Å²) in [5.41, 5.74) is 7.76. The van der Waals surface area contributed by atoms with Crippen molar-refractivity contribution >= 4 is 28.4 Å². The molecule has 0 aliphatic heterocycles. The summed E-state index contributed by atoms with van der Waals surface area (Å²) in [4.78, 5) is 13.2. The molecule has 9 nitrogen and oxygen atoms in total. The molecule has 1 fully saturated rings. The second-order valence-electron chi connectivity index (χ2n) is 10.1. The monoisotopic (exact) mass is 502 g/mol. The summed E-state index contributed by atoms with van der Waals surface area (Å²) in [6.07, 6.45) is 0.928. The second kappa shape index (κ2) is 8.61. The van der Waals surface area contributed by atoms with Gasteiger partial charge in [-0.15, -0.1) is 5.10 Å². The lowest BCUT2D eigenvalue weighted by Crippen LogP contribution is -2.37. The largest absolute Gasteiger partial charge is 0.406 e. The fraction of sp³-hybridized carbons (Fsp3) is 0.500. The summed E-state index contributed by atoms with van der Waals surface area (Å²) in [6.45, 7) is 4.06. The molecule has 1 aliphatic carbocycles. The minimum Gasteiger partial charge on any atom is -0.390 e. The number of aliphatic hydroxyl groups is 1. The molecule has 0 bridgehead atoms. The number of halogens is 3. The zero-order valence-corrected chi connectivity index (χ0v) is 20.3. The van der Waals surface area contributed by atoms with Crippen molar-refractivity contribution in [1.82, 2.24) is 29.1 Å². The molecule has 1 aliphatic rings. The van der Waals surface area contributed by atoms with E-state index >= 15 is 0 Å². The lowest BCUT2D eigenvalue weighted by Gasteiger charge is -2.36. The summed E-state index contributed by atoms with van der Waals surface area (Å²) in [5.74, 6) is 1.14. The standard InChI is InChI=1S/C24H29F3N8O/c1-13-29-18-9-8-17(31-21(18)34(13)12-24(25,26)27)16-10-11-35-19(16)20(28)32-22(33-35)30-15-6-4-14(5-7-15)23(2,3)36/h8-11,14-15,36H,4-7,12H2,1-3H3,(H3,28,30,32,33). The van der Waals surface area contributed by atoms with Gasteiger partial charge in [-0.1, -0.05) is 0 Å². The summed E-state index contributed by atoms with van der Waals surface area (Å²) in [7, 11) is 0. The maximum atomic E-state index is 13.1. The zero-order valence-electron chi connectivity index (χ0n) is 20.3. The van der Waals surface area contributed by atoms with E-state index in [2.05, 4.69) is 25.4 Å². The van der Waals surface area contributed by atoms with Gasteiger partial charge in [-0.25, -0.2) is 14.5 Å². The van der Waals surface area contributed by atoms with Crippen molar-refractivity contribution in [2.24, 2.45) is 5.92 Å². The van der Waals surface area contributed by atoms with Crippen LogP contribution in [0.4, 0.5) is 24.9 Å². The van der Waals surface area contributed by atoms with Crippen molar-refractivity contribution in [1.29, 1.82) is 0 Å². The lowest BCUT2D eigenvalue weighted by molar-refractivity contribution is -0.140. The number of aryl methyl sites for hydroxylation is 1. The van der Waals surface area contributed by atoms with Gasteiger partial charge in [0.15, 0.2) is 11.5 Å². The van der Waals surface area contributed by atoms with E-state index in [0.717, 1.165) is 30.3 Å². The predicted octanol–water partition coefficient (Wildman–Crippen LogP) is 4.34. The van der Waals surface area contributed by atoms with Crippen molar-refractivity contribution in [3.63, 3.8) is 0 Å². The molecule has 0 amide bonds. The minimum atomic E-state index is -4.39. The van der Waals surface area contributed by atoms with E-state index in [-0.39, 0.29) is 29.2 Å². The molecule has 4 heterocycles. The second-order valence-corrected chi connectivity index (χ2v) is 10.1.